The van der Waals surface area contributed by atoms with Crippen LogP contribution in [0.25, 0.3) is 11.3 Å². The summed E-state index contributed by atoms with van der Waals surface area (Å²) in [5.41, 5.74) is 3.36. The van der Waals surface area contributed by atoms with Gasteiger partial charge in [0.1, 0.15) is 5.75 Å². The molecule has 190 valence electrons. The number of Topliss-reactive ketones (excluding diaryl/α,β-unsaturated/α-hetero) is 1. The van der Waals surface area contributed by atoms with Crippen LogP contribution in [0.2, 0.25) is 5.02 Å². The minimum absolute atomic E-state index is 0.0584. The molecule has 0 saturated carbocycles. The summed E-state index contributed by atoms with van der Waals surface area (Å²) in [5.74, 6) is 0.622. The minimum Gasteiger partial charge on any atom is -0.495 e. The second-order valence-corrected chi connectivity index (χ2v) is 11.5. The van der Waals surface area contributed by atoms with E-state index in [-0.39, 0.29) is 5.78 Å². The van der Waals surface area contributed by atoms with Crippen molar-refractivity contribution in [2.24, 2.45) is 0 Å². The van der Waals surface area contributed by atoms with Gasteiger partial charge in [0.25, 0.3) is 0 Å². The highest BCUT2D eigenvalue weighted by atomic mass is 35.5. The van der Waals surface area contributed by atoms with Crippen LogP contribution in [0, 0.1) is 0 Å². The number of likely N-dealkylation sites (tertiary alicyclic amines) is 1. The largest absolute Gasteiger partial charge is 0.495 e. The first-order valence-corrected chi connectivity index (χ1v) is 14.1. The third-order valence-corrected chi connectivity index (χ3v) is 7.85. The molecular formula is C27H30ClN3O4S. The Hall–Kier alpha value is -2.78. The number of rotatable bonds is 9. The molecule has 1 aliphatic rings. The van der Waals surface area contributed by atoms with Crippen LogP contribution in [-0.4, -0.2) is 63.1 Å². The first kappa shape index (κ1) is 26.3. The maximum Gasteiger partial charge on any atom is 0.176 e. The molecule has 0 bridgehead atoms. The number of pyridine rings is 1. The normalized spacial score (nSPS) is 15.1. The zero-order valence-corrected chi connectivity index (χ0v) is 22.0. The monoisotopic (exact) mass is 527 g/mol. The van der Waals surface area contributed by atoms with Crippen molar-refractivity contribution >= 4 is 27.2 Å². The molecule has 1 saturated heterocycles. The van der Waals surface area contributed by atoms with Gasteiger partial charge in [0.2, 0.25) is 0 Å². The van der Waals surface area contributed by atoms with Gasteiger partial charge in [-0.3, -0.25) is 14.7 Å². The Bertz CT molecular complexity index is 1300. The number of halogens is 1. The zero-order chi connectivity index (χ0) is 25.7. The highest BCUT2D eigenvalue weighted by Gasteiger charge is 2.21. The first-order chi connectivity index (χ1) is 17.2. The number of carbonyl (C=O) groups excluding carboxylic acids is 1. The lowest BCUT2D eigenvalue weighted by Gasteiger charge is -2.32. The molecule has 1 fully saturated rings. The van der Waals surface area contributed by atoms with E-state index in [4.69, 9.17) is 16.3 Å². The van der Waals surface area contributed by atoms with Crippen LogP contribution < -0.4 is 10.1 Å². The van der Waals surface area contributed by atoms with E-state index in [1.165, 1.54) is 6.26 Å². The van der Waals surface area contributed by atoms with Crippen LogP contribution >= 0.6 is 11.6 Å². The highest BCUT2D eigenvalue weighted by Crippen LogP contribution is 2.25. The molecule has 3 aromatic rings. The lowest BCUT2D eigenvalue weighted by Crippen LogP contribution is -2.44. The van der Waals surface area contributed by atoms with Crippen molar-refractivity contribution in [3.05, 3.63) is 76.9 Å². The lowest BCUT2D eigenvalue weighted by molar-refractivity contribution is 0.0904. The smallest absolute Gasteiger partial charge is 0.176 e. The molecule has 0 atom stereocenters. The summed E-state index contributed by atoms with van der Waals surface area (Å²) in [6, 6.07) is 16.3. The van der Waals surface area contributed by atoms with E-state index in [2.05, 4.69) is 15.2 Å². The molecule has 1 N–H and O–H groups in total. The maximum atomic E-state index is 12.7. The van der Waals surface area contributed by atoms with Gasteiger partial charge in [-0.15, -0.1) is 0 Å². The summed E-state index contributed by atoms with van der Waals surface area (Å²) < 4.78 is 28.4. The number of sulfone groups is 1. The Morgan fingerprint density at radius 3 is 2.42 bits per heavy atom. The van der Waals surface area contributed by atoms with Crippen LogP contribution in [-0.2, 0) is 16.4 Å². The molecule has 0 unspecified atom stereocenters. The van der Waals surface area contributed by atoms with E-state index in [9.17, 15) is 13.2 Å². The summed E-state index contributed by atoms with van der Waals surface area (Å²) in [6.45, 7) is 2.81. The number of nitrogens with zero attached hydrogens (tertiary/aromatic N) is 2. The number of ether oxygens (including phenoxy) is 1. The van der Waals surface area contributed by atoms with Gasteiger partial charge in [0.15, 0.2) is 15.6 Å². The van der Waals surface area contributed by atoms with Gasteiger partial charge >= 0.3 is 0 Å². The summed E-state index contributed by atoms with van der Waals surface area (Å²) in [4.78, 5) is 19.7. The highest BCUT2D eigenvalue weighted by molar-refractivity contribution is 7.90. The Morgan fingerprint density at radius 2 is 1.83 bits per heavy atom. The number of aromatic nitrogens is 1. The topological polar surface area (TPSA) is 88.6 Å². The lowest BCUT2D eigenvalue weighted by atomic mass is 10.0. The molecule has 2 heterocycles. The van der Waals surface area contributed by atoms with Crippen molar-refractivity contribution in [1.29, 1.82) is 0 Å². The fourth-order valence-electron chi connectivity index (χ4n) is 4.26. The number of methoxy groups -OCH3 is 1. The number of piperidine rings is 1. The SMILES string of the molecule is COc1ccc(C(=O)CN2CCC(NCc3ccc(-c4ccc(S(C)(=O)=O)cc4)nc3)CC2)cc1Cl. The van der Waals surface area contributed by atoms with Gasteiger partial charge in [-0.2, -0.15) is 0 Å². The van der Waals surface area contributed by atoms with Crippen molar-refractivity contribution in [3.8, 4) is 17.0 Å². The van der Waals surface area contributed by atoms with Crippen molar-refractivity contribution in [2.75, 3.05) is 33.0 Å². The molecule has 1 aromatic heterocycles. The first-order valence-electron chi connectivity index (χ1n) is 11.8. The van der Waals surface area contributed by atoms with Crippen molar-refractivity contribution in [3.63, 3.8) is 0 Å². The van der Waals surface area contributed by atoms with Gasteiger partial charge < -0.3 is 10.1 Å². The van der Waals surface area contributed by atoms with E-state index in [0.717, 1.165) is 42.8 Å². The van der Waals surface area contributed by atoms with Gasteiger partial charge in [0, 0.05) is 49.3 Å². The molecule has 0 spiro atoms. The van der Waals surface area contributed by atoms with E-state index in [1.54, 1.807) is 49.6 Å². The number of hydrogen-bond acceptors (Lipinski definition) is 7. The van der Waals surface area contributed by atoms with E-state index in [0.29, 0.717) is 40.4 Å². The molecule has 0 radical (unpaired) electrons. The second kappa shape index (κ2) is 11.5. The average Bonchev–Trinajstić information content (AvgIpc) is 2.88. The number of benzene rings is 2. The predicted molar refractivity (Wildman–Crippen MR) is 141 cm³/mol. The van der Waals surface area contributed by atoms with Crippen molar-refractivity contribution in [2.45, 2.75) is 30.3 Å². The van der Waals surface area contributed by atoms with E-state index < -0.39 is 9.84 Å². The Labute approximate surface area is 217 Å². The quantitative estimate of drug-likeness (QED) is 0.416. The van der Waals surface area contributed by atoms with Crippen LogP contribution in [0.15, 0.2) is 65.7 Å². The average molecular weight is 528 g/mol. The van der Waals surface area contributed by atoms with Gasteiger partial charge in [-0.25, -0.2) is 8.42 Å². The maximum absolute atomic E-state index is 12.7. The van der Waals surface area contributed by atoms with Crippen LogP contribution in [0.1, 0.15) is 28.8 Å². The molecule has 7 nitrogen and oxygen atoms in total. The molecule has 0 aliphatic carbocycles. The predicted octanol–water partition coefficient (Wildman–Crippen LogP) is 4.25. The fourth-order valence-corrected chi connectivity index (χ4v) is 5.15. The van der Waals surface area contributed by atoms with Crippen molar-refractivity contribution < 1.29 is 17.9 Å². The summed E-state index contributed by atoms with van der Waals surface area (Å²) in [7, 11) is -1.66. The van der Waals surface area contributed by atoms with Gasteiger partial charge in [-0.1, -0.05) is 29.8 Å². The fraction of sp³-hybridized carbons (Fsp3) is 0.333. The van der Waals surface area contributed by atoms with Crippen LogP contribution in [0.5, 0.6) is 5.75 Å². The third-order valence-electron chi connectivity index (χ3n) is 6.43. The molecule has 9 heteroatoms. The summed E-state index contributed by atoms with van der Waals surface area (Å²) in [5, 5.41) is 4.04. The number of carbonyl (C=O) groups is 1. The molecular weight excluding hydrogens is 498 g/mol. The molecule has 4 rings (SSSR count). The Kier molecular flexibility index (Phi) is 8.41. The number of hydrogen-bond donors (Lipinski definition) is 1. The third kappa shape index (κ3) is 6.70. The van der Waals surface area contributed by atoms with Crippen LogP contribution in [0.4, 0.5) is 0 Å². The Balaban J connectivity index is 1.23. The van der Waals surface area contributed by atoms with Gasteiger partial charge in [0.05, 0.1) is 29.3 Å². The number of nitrogens with one attached hydrogen (secondary N) is 1. The van der Waals surface area contributed by atoms with Crippen LogP contribution in [0.3, 0.4) is 0 Å². The molecule has 36 heavy (non-hydrogen) atoms. The molecule has 2 aromatic carbocycles. The number of ketones is 1. The molecule has 1 aliphatic heterocycles. The zero-order valence-electron chi connectivity index (χ0n) is 20.4. The summed E-state index contributed by atoms with van der Waals surface area (Å²) in [6.07, 6.45) is 4.98. The minimum atomic E-state index is -3.21. The van der Waals surface area contributed by atoms with Crippen molar-refractivity contribution in [1.82, 2.24) is 15.2 Å². The molecule has 0 amide bonds. The standard InChI is InChI=1S/C27H30ClN3O4S/c1-35-27-10-6-21(15-24(27)28)26(32)18-31-13-11-22(12-14-31)29-16-19-3-9-25(30-17-19)20-4-7-23(8-5-20)36(2,33)34/h3-10,15,17,22,29H,11-14,16,18H2,1-2H3. The van der Waals surface area contributed by atoms with E-state index in [1.807, 2.05) is 18.3 Å². The van der Waals surface area contributed by atoms with E-state index >= 15 is 0 Å². The van der Waals surface area contributed by atoms with Gasteiger partial charge in [-0.05, 0) is 54.8 Å². The summed E-state index contributed by atoms with van der Waals surface area (Å²) >= 11 is 6.16. The Morgan fingerprint density at radius 1 is 1.11 bits per heavy atom. The second-order valence-electron chi connectivity index (χ2n) is 9.05.